The molecule has 1 aliphatic carbocycles. The summed E-state index contributed by atoms with van der Waals surface area (Å²) in [4.78, 5) is 0. The molecule has 0 aromatic carbocycles. The molecule has 0 bridgehead atoms. The normalized spacial score (nSPS) is 34.2. The standard InChI is InChI=1S/C8H17NS/c1-2-10-8-6-4-3-5-7(8)9/h7-8H,2-6,9H2,1H3/t7-,8+/m1/s1. The number of hydrogen-bond acceptors (Lipinski definition) is 2. The highest BCUT2D eigenvalue weighted by Gasteiger charge is 2.20. The van der Waals surface area contributed by atoms with Crippen molar-refractivity contribution < 1.29 is 0 Å². The lowest BCUT2D eigenvalue weighted by Gasteiger charge is -2.27. The van der Waals surface area contributed by atoms with Crippen molar-refractivity contribution in [1.29, 1.82) is 0 Å². The highest BCUT2D eigenvalue weighted by molar-refractivity contribution is 7.99. The molecule has 0 unspecified atom stereocenters. The molecule has 0 spiro atoms. The molecule has 1 fully saturated rings. The van der Waals surface area contributed by atoms with Crippen LogP contribution in [0.2, 0.25) is 0 Å². The molecule has 2 heteroatoms. The van der Waals surface area contributed by atoms with Gasteiger partial charge in [0.05, 0.1) is 0 Å². The summed E-state index contributed by atoms with van der Waals surface area (Å²) in [5, 5.41) is 0.763. The zero-order chi connectivity index (χ0) is 7.40. The second-order valence-corrected chi connectivity index (χ2v) is 4.46. The lowest BCUT2D eigenvalue weighted by Crippen LogP contribution is -2.35. The van der Waals surface area contributed by atoms with Gasteiger partial charge in [-0.25, -0.2) is 0 Å². The Bertz CT molecular complexity index is 93.3. The van der Waals surface area contributed by atoms with Crippen molar-refractivity contribution in [2.45, 2.75) is 43.9 Å². The lowest BCUT2D eigenvalue weighted by molar-refractivity contribution is 0.453. The third-order valence-electron chi connectivity index (χ3n) is 2.13. The molecular weight excluding hydrogens is 142 g/mol. The Morgan fingerprint density at radius 1 is 1.40 bits per heavy atom. The summed E-state index contributed by atoms with van der Waals surface area (Å²) in [5.41, 5.74) is 5.94. The van der Waals surface area contributed by atoms with Gasteiger partial charge in [0.2, 0.25) is 0 Å². The van der Waals surface area contributed by atoms with Crippen molar-refractivity contribution in [2.75, 3.05) is 5.75 Å². The van der Waals surface area contributed by atoms with E-state index in [2.05, 4.69) is 6.92 Å². The third-order valence-corrected chi connectivity index (χ3v) is 3.48. The smallest absolute Gasteiger partial charge is 0.0198 e. The van der Waals surface area contributed by atoms with Gasteiger partial charge < -0.3 is 5.73 Å². The summed E-state index contributed by atoms with van der Waals surface area (Å²) in [6, 6.07) is 0.485. The molecule has 0 amide bonds. The molecular formula is C8H17NS. The van der Waals surface area contributed by atoms with Crippen LogP contribution in [0.3, 0.4) is 0 Å². The van der Waals surface area contributed by atoms with Crippen molar-refractivity contribution in [3.05, 3.63) is 0 Å². The maximum atomic E-state index is 5.94. The minimum atomic E-state index is 0.485. The summed E-state index contributed by atoms with van der Waals surface area (Å²) in [6.45, 7) is 2.21. The van der Waals surface area contributed by atoms with Gasteiger partial charge in [0.1, 0.15) is 0 Å². The van der Waals surface area contributed by atoms with Crippen LogP contribution in [0.15, 0.2) is 0 Å². The van der Waals surface area contributed by atoms with Crippen molar-refractivity contribution in [2.24, 2.45) is 5.73 Å². The summed E-state index contributed by atoms with van der Waals surface area (Å²) in [7, 11) is 0. The van der Waals surface area contributed by atoms with Gasteiger partial charge in [0.15, 0.2) is 0 Å². The van der Waals surface area contributed by atoms with E-state index in [1.165, 1.54) is 31.4 Å². The van der Waals surface area contributed by atoms with E-state index in [1.54, 1.807) is 0 Å². The minimum absolute atomic E-state index is 0.485. The number of rotatable bonds is 2. The molecule has 1 saturated carbocycles. The number of hydrogen-bond donors (Lipinski definition) is 1. The maximum absolute atomic E-state index is 5.94. The highest BCUT2D eigenvalue weighted by Crippen LogP contribution is 2.26. The second-order valence-electron chi connectivity index (χ2n) is 2.94. The molecule has 10 heavy (non-hydrogen) atoms. The number of thioether (sulfide) groups is 1. The Morgan fingerprint density at radius 3 is 2.70 bits per heavy atom. The molecule has 1 nitrogen and oxygen atoms in total. The van der Waals surface area contributed by atoms with Crippen LogP contribution >= 0.6 is 11.8 Å². The molecule has 0 aliphatic heterocycles. The number of nitrogens with two attached hydrogens (primary N) is 1. The van der Waals surface area contributed by atoms with Gasteiger partial charge in [-0.3, -0.25) is 0 Å². The van der Waals surface area contributed by atoms with Gasteiger partial charge in [-0.1, -0.05) is 19.8 Å². The van der Waals surface area contributed by atoms with Gasteiger partial charge in [-0.2, -0.15) is 11.8 Å². The van der Waals surface area contributed by atoms with Crippen LogP contribution in [0.1, 0.15) is 32.6 Å². The summed E-state index contributed by atoms with van der Waals surface area (Å²) in [6.07, 6.45) is 5.34. The largest absolute Gasteiger partial charge is 0.327 e. The maximum Gasteiger partial charge on any atom is 0.0198 e. The summed E-state index contributed by atoms with van der Waals surface area (Å²) in [5.74, 6) is 1.22. The Morgan fingerprint density at radius 2 is 2.10 bits per heavy atom. The molecule has 60 valence electrons. The van der Waals surface area contributed by atoms with Gasteiger partial charge in [0, 0.05) is 11.3 Å². The van der Waals surface area contributed by atoms with E-state index in [4.69, 9.17) is 5.73 Å². The molecule has 2 N–H and O–H groups in total. The van der Waals surface area contributed by atoms with E-state index in [1.807, 2.05) is 11.8 Å². The molecule has 1 aliphatic rings. The monoisotopic (exact) mass is 159 g/mol. The van der Waals surface area contributed by atoms with E-state index in [0.717, 1.165) is 5.25 Å². The first kappa shape index (κ1) is 8.41. The fourth-order valence-corrected chi connectivity index (χ4v) is 2.69. The van der Waals surface area contributed by atoms with Crippen LogP contribution < -0.4 is 5.73 Å². The van der Waals surface area contributed by atoms with Crippen LogP contribution in [-0.2, 0) is 0 Å². The summed E-state index contributed by atoms with van der Waals surface area (Å²) < 4.78 is 0. The van der Waals surface area contributed by atoms with Crippen LogP contribution in [0, 0.1) is 0 Å². The van der Waals surface area contributed by atoms with E-state index >= 15 is 0 Å². The topological polar surface area (TPSA) is 26.0 Å². The third kappa shape index (κ3) is 2.17. The Hall–Kier alpha value is 0.310. The Kier molecular flexibility index (Phi) is 3.57. The zero-order valence-corrected chi connectivity index (χ0v) is 7.49. The quantitative estimate of drug-likeness (QED) is 0.667. The predicted octanol–water partition coefficient (Wildman–Crippen LogP) is 2.01. The molecule has 0 saturated heterocycles. The average molecular weight is 159 g/mol. The fraction of sp³-hybridized carbons (Fsp3) is 1.00. The average Bonchev–Trinajstić information content (AvgIpc) is 1.94. The van der Waals surface area contributed by atoms with Crippen LogP contribution in [-0.4, -0.2) is 17.0 Å². The van der Waals surface area contributed by atoms with Crippen molar-refractivity contribution in [3.8, 4) is 0 Å². The minimum Gasteiger partial charge on any atom is -0.327 e. The first-order valence-corrected chi connectivity index (χ1v) is 5.26. The molecule has 0 aromatic rings. The van der Waals surface area contributed by atoms with Crippen molar-refractivity contribution >= 4 is 11.8 Å². The van der Waals surface area contributed by atoms with Crippen molar-refractivity contribution in [1.82, 2.24) is 0 Å². The molecule has 0 radical (unpaired) electrons. The summed E-state index contributed by atoms with van der Waals surface area (Å²) >= 11 is 2.04. The first-order chi connectivity index (χ1) is 4.84. The fourth-order valence-electron chi connectivity index (χ4n) is 1.55. The van der Waals surface area contributed by atoms with Crippen LogP contribution in [0.4, 0.5) is 0 Å². The SMILES string of the molecule is CCS[C@H]1CCCC[C@H]1N. The van der Waals surface area contributed by atoms with Gasteiger partial charge in [0.25, 0.3) is 0 Å². The van der Waals surface area contributed by atoms with Gasteiger partial charge in [-0.15, -0.1) is 0 Å². The molecule has 2 atom stereocenters. The molecule has 0 heterocycles. The van der Waals surface area contributed by atoms with Crippen molar-refractivity contribution in [3.63, 3.8) is 0 Å². The predicted molar refractivity (Wildman–Crippen MR) is 48.4 cm³/mol. The van der Waals surface area contributed by atoms with E-state index in [9.17, 15) is 0 Å². The molecule has 1 rings (SSSR count). The Labute approximate surface area is 67.8 Å². The van der Waals surface area contributed by atoms with E-state index in [0.29, 0.717) is 6.04 Å². The van der Waals surface area contributed by atoms with Crippen LogP contribution in [0.25, 0.3) is 0 Å². The van der Waals surface area contributed by atoms with Crippen LogP contribution in [0.5, 0.6) is 0 Å². The lowest BCUT2D eigenvalue weighted by atomic mass is 9.96. The van der Waals surface area contributed by atoms with E-state index in [-0.39, 0.29) is 0 Å². The van der Waals surface area contributed by atoms with E-state index < -0.39 is 0 Å². The second kappa shape index (κ2) is 4.24. The Balaban J connectivity index is 2.25. The molecule has 0 aromatic heterocycles. The van der Waals surface area contributed by atoms with Gasteiger partial charge >= 0.3 is 0 Å². The highest BCUT2D eigenvalue weighted by atomic mass is 32.2. The zero-order valence-electron chi connectivity index (χ0n) is 6.68. The van der Waals surface area contributed by atoms with Gasteiger partial charge in [-0.05, 0) is 18.6 Å². The first-order valence-electron chi connectivity index (χ1n) is 4.21.